The summed E-state index contributed by atoms with van der Waals surface area (Å²) in [7, 11) is 0. The van der Waals surface area contributed by atoms with Crippen LogP contribution < -0.4 is 4.90 Å². The van der Waals surface area contributed by atoms with Crippen LogP contribution in [-0.4, -0.2) is 27.7 Å². The molecule has 0 radical (unpaired) electrons. The van der Waals surface area contributed by atoms with E-state index in [1.165, 1.54) is 48.0 Å². The molecule has 0 aromatic heterocycles. The van der Waals surface area contributed by atoms with Crippen molar-refractivity contribution in [2.75, 3.05) is 11.4 Å². The van der Waals surface area contributed by atoms with Gasteiger partial charge in [0.15, 0.2) is 0 Å². The number of nitrogens with zero attached hydrogens (tertiary/aromatic N) is 2. The molecule has 0 spiro atoms. The summed E-state index contributed by atoms with van der Waals surface area (Å²) in [5.41, 5.74) is 5.06. The fraction of sp³-hybridized carbons (Fsp3) is 0.304. The largest absolute Gasteiger partial charge is 0.338 e. The molecule has 2 heterocycles. The molecule has 3 aliphatic rings. The molecule has 2 fully saturated rings. The Bertz CT molecular complexity index is 1030. The van der Waals surface area contributed by atoms with Crippen LogP contribution >= 0.6 is 39.9 Å². The van der Waals surface area contributed by atoms with Crippen LogP contribution in [0.4, 0.5) is 11.4 Å². The van der Waals surface area contributed by atoms with E-state index in [0.717, 1.165) is 14.9 Å². The SMILES string of the molecule is CCN1C(=O)C(=Cc2ccc3c(c2)C2CCCC2N3c2ccc(Br)cc2)SC1=S. The highest BCUT2D eigenvalue weighted by molar-refractivity contribution is 9.10. The van der Waals surface area contributed by atoms with Gasteiger partial charge in [0.05, 0.1) is 4.91 Å². The van der Waals surface area contributed by atoms with E-state index in [2.05, 4.69) is 63.3 Å². The lowest BCUT2D eigenvalue weighted by atomic mass is 9.96. The fourth-order valence-electron chi connectivity index (χ4n) is 4.83. The lowest BCUT2D eigenvalue weighted by molar-refractivity contribution is -0.121. The summed E-state index contributed by atoms with van der Waals surface area (Å²) in [6, 6.07) is 15.8. The van der Waals surface area contributed by atoms with Crippen molar-refractivity contribution in [3.63, 3.8) is 0 Å². The first-order chi connectivity index (χ1) is 14.1. The Morgan fingerprint density at radius 1 is 1.21 bits per heavy atom. The fourth-order valence-corrected chi connectivity index (χ4v) is 6.47. The van der Waals surface area contributed by atoms with Crippen LogP contribution in [0, 0.1) is 0 Å². The molecule has 1 saturated carbocycles. The van der Waals surface area contributed by atoms with E-state index >= 15 is 0 Å². The van der Waals surface area contributed by atoms with E-state index in [1.54, 1.807) is 4.90 Å². The van der Waals surface area contributed by atoms with Gasteiger partial charge in [-0.15, -0.1) is 0 Å². The van der Waals surface area contributed by atoms with Gasteiger partial charge in [-0.1, -0.05) is 52.4 Å². The molecule has 1 saturated heterocycles. The van der Waals surface area contributed by atoms with Gasteiger partial charge < -0.3 is 4.90 Å². The van der Waals surface area contributed by atoms with Crippen molar-refractivity contribution < 1.29 is 4.79 Å². The van der Waals surface area contributed by atoms with Crippen LogP contribution in [0.15, 0.2) is 51.8 Å². The highest BCUT2D eigenvalue weighted by Crippen LogP contribution is 2.52. The highest BCUT2D eigenvalue weighted by Gasteiger charge is 2.42. The Morgan fingerprint density at radius 3 is 2.72 bits per heavy atom. The Morgan fingerprint density at radius 2 is 2.00 bits per heavy atom. The lowest BCUT2D eigenvalue weighted by Gasteiger charge is -2.27. The molecule has 0 N–H and O–H groups in total. The van der Waals surface area contributed by atoms with Crippen molar-refractivity contribution in [3.05, 3.63) is 63.0 Å². The zero-order valence-electron chi connectivity index (χ0n) is 16.1. The number of carbonyl (C=O) groups is 1. The van der Waals surface area contributed by atoms with Gasteiger partial charge >= 0.3 is 0 Å². The van der Waals surface area contributed by atoms with Crippen molar-refractivity contribution in [1.29, 1.82) is 0 Å². The summed E-state index contributed by atoms with van der Waals surface area (Å²) >= 11 is 10.3. The number of likely N-dealkylation sites (N-methyl/N-ethyl adjacent to an activating group) is 1. The number of benzene rings is 2. The Kier molecular flexibility index (Phi) is 5.04. The maximum Gasteiger partial charge on any atom is 0.266 e. The van der Waals surface area contributed by atoms with Crippen molar-refractivity contribution in [1.82, 2.24) is 4.90 Å². The van der Waals surface area contributed by atoms with Crippen LogP contribution in [0.1, 0.15) is 43.2 Å². The molecule has 1 amide bonds. The monoisotopic (exact) mass is 484 g/mol. The van der Waals surface area contributed by atoms with E-state index in [0.29, 0.717) is 22.8 Å². The maximum absolute atomic E-state index is 12.6. The zero-order valence-corrected chi connectivity index (χ0v) is 19.3. The topological polar surface area (TPSA) is 23.6 Å². The predicted molar refractivity (Wildman–Crippen MR) is 129 cm³/mol. The minimum atomic E-state index is 0.0261. The second kappa shape index (κ2) is 7.56. The molecule has 2 aliphatic heterocycles. The molecule has 5 rings (SSSR count). The Hall–Kier alpha value is -1.63. The first-order valence-corrected chi connectivity index (χ1v) is 12.0. The number of thioether (sulfide) groups is 1. The number of thiocarbonyl (C=S) groups is 1. The summed E-state index contributed by atoms with van der Waals surface area (Å²) in [6.07, 6.45) is 5.72. The molecular formula is C23H21BrN2OS2. The standard InChI is InChI=1S/C23H21BrN2OS2/c1-2-25-22(27)21(29-23(25)28)13-14-6-11-20-18(12-14)17-4-3-5-19(17)26(20)16-9-7-15(24)8-10-16/h6-13,17,19H,2-5H2,1H3. The third-order valence-electron chi connectivity index (χ3n) is 6.11. The van der Waals surface area contributed by atoms with Gasteiger partial charge in [0.25, 0.3) is 5.91 Å². The number of rotatable bonds is 3. The summed E-state index contributed by atoms with van der Waals surface area (Å²) < 4.78 is 1.76. The molecule has 0 bridgehead atoms. The van der Waals surface area contributed by atoms with Crippen LogP contribution in [0.25, 0.3) is 6.08 Å². The van der Waals surface area contributed by atoms with Crippen LogP contribution in [0.2, 0.25) is 0 Å². The van der Waals surface area contributed by atoms with Crippen molar-refractivity contribution >= 4 is 67.6 Å². The molecule has 29 heavy (non-hydrogen) atoms. The van der Waals surface area contributed by atoms with E-state index in [4.69, 9.17) is 12.2 Å². The third-order valence-corrected chi connectivity index (χ3v) is 8.02. The van der Waals surface area contributed by atoms with Crippen molar-refractivity contribution in [2.24, 2.45) is 0 Å². The first kappa shape index (κ1) is 19.3. The Labute approximate surface area is 189 Å². The molecular weight excluding hydrogens is 464 g/mol. The van der Waals surface area contributed by atoms with Gasteiger partial charge in [-0.25, -0.2) is 0 Å². The molecule has 1 aliphatic carbocycles. The van der Waals surface area contributed by atoms with Crippen molar-refractivity contribution in [3.8, 4) is 0 Å². The average molecular weight is 485 g/mol. The van der Waals surface area contributed by atoms with Gasteiger partial charge in [0.1, 0.15) is 4.32 Å². The third kappa shape index (κ3) is 3.25. The minimum absolute atomic E-state index is 0.0261. The van der Waals surface area contributed by atoms with Crippen LogP contribution in [0.3, 0.4) is 0 Å². The van der Waals surface area contributed by atoms with Crippen LogP contribution in [-0.2, 0) is 4.79 Å². The number of hydrogen-bond donors (Lipinski definition) is 0. The van der Waals surface area contributed by atoms with Gasteiger partial charge in [-0.2, -0.15) is 0 Å². The molecule has 2 unspecified atom stereocenters. The predicted octanol–water partition coefficient (Wildman–Crippen LogP) is 6.46. The van der Waals surface area contributed by atoms with E-state index in [1.807, 2.05) is 13.0 Å². The highest BCUT2D eigenvalue weighted by atomic mass is 79.9. The second-order valence-corrected chi connectivity index (χ2v) is 10.3. The second-order valence-electron chi connectivity index (χ2n) is 7.70. The smallest absolute Gasteiger partial charge is 0.266 e. The van der Waals surface area contributed by atoms with Gasteiger partial charge in [-0.05, 0) is 73.4 Å². The van der Waals surface area contributed by atoms with Gasteiger partial charge in [0, 0.05) is 34.4 Å². The first-order valence-electron chi connectivity index (χ1n) is 10.0. The van der Waals surface area contributed by atoms with Gasteiger partial charge in [0.2, 0.25) is 0 Å². The lowest BCUT2D eigenvalue weighted by Crippen LogP contribution is -2.27. The van der Waals surface area contributed by atoms with E-state index in [9.17, 15) is 4.79 Å². The summed E-state index contributed by atoms with van der Waals surface area (Å²) in [4.78, 5) is 17.5. The number of carbonyl (C=O) groups excluding carboxylic acids is 1. The molecule has 2 atom stereocenters. The Balaban J connectivity index is 1.52. The average Bonchev–Trinajstić information content (AvgIpc) is 3.36. The molecule has 3 nitrogen and oxygen atoms in total. The molecule has 148 valence electrons. The zero-order chi connectivity index (χ0) is 20.1. The van der Waals surface area contributed by atoms with Gasteiger partial charge in [-0.3, -0.25) is 9.69 Å². The number of fused-ring (bicyclic) bond motifs is 3. The quantitative estimate of drug-likeness (QED) is 0.368. The summed E-state index contributed by atoms with van der Waals surface area (Å²) in [5.74, 6) is 0.588. The number of anilines is 2. The normalized spacial score (nSPS) is 24.6. The van der Waals surface area contributed by atoms with E-state index < -0.39 is 0 Å². The molecule has 2 aromatic rings. The summed E-state index contributed by atoms with van der Waals surface area (Å²) in [5, 5.41) is 0. The minimum Gasteiger partial charge on any atom is -0.338 e. The molecule has 2 aromatic carbocycles. The molecule has 6 heteroatoms. The van der Waals surface area contributed by atoms with E-state index in [-0.39, 0.29) is 5.91 Å². The number of hydrogen-bond acceptors (Lipinski definition) is 4. The van der Waals surface area contributed by atoms with Crippen LogP contribution in [0.5, 0.6) is 0 Å². The maximum atomic E-state index is 12.6. The number of amides is 1. The van der Waals surface area contributed by atoms with Crippen molar-refractivity contribution in [2.45, 2.75) is 38.1 Å². The summed E-state index contributed by atoms with van der Waals surface area (Å²) in [6.45, 7) is 2.58. The number of halogens is 1.